The molecule has 0 heterocycles. The second-order valence-corrected chi connectivity index (χ2v) is 11.7. The monoisotopic (exact) mass is 506 g/mol. The van der Waals surface area contributed by atoms with E-state index >= 15 is 0 Å². The first-order valence-corrected chi connectivity index (χ1v) is 13.6. The number of ketones is 2. The van der Waals surface area contributed by atoms with Crippen molar-refractivity contribution in [1.29, 1.82) is 0 Å². The van der Waals surface area contributed by atoms with Gasteiger partial charge in [0.15, 0.2) is 11.6 Å². The van der Waals surface area contributed by atoms with Crippen LogP contribution in [0.15, 0.2) is 42.5 Å². The van der Waals surface area contributed by atoms with Gasteiger partial charge >= 0.3 is 0 Å². The van der Waals surface area contributed by atoms with E-state index in [0.717, 1.165) is 18.4 Å². The van der Waals surface area contributed by atoms with Gasteiger partial charge in [0.2, 0.25) is 0 Å². The van der Waals surface area contributed by atoms with E-state index in [0.29, 0.717) is 41.9 Å². The van der Waals surface area contributed by atoms with E-state index in [4.69, 9.17) is 12.6 Å². The highest BCUT2D eigenvalue weighted by atomic mass is 32.1. The summed E-state index contributed by atoms with van der Waals surface area (Å²) in [4.78, 5) is 27.3. The molecule has 0 fully saturated rings. The molecular weight excluding hydrogens is 460 g/mol. The molecular formula is C28H46N2O2S2. The average Bonchev–Trinajstić information content (AvgIpc) is 2.79. The fourth-order valence-electron chi connectivity index (χ4n) is 4.41. The highest BCUT2D eigenvalue weighted by Gasteiger charge is 2.37. The van der Waals surface area contributed by atoms with Crippen molar-refractivity contribution in [2.24, 2.45) is 17.8 Å². The number of benzene rings is 1. The number of rotatable bonds is 17. The number of Topliss-reactive ketones (excluding diaryl/α,β-unsaturated/α-hetero) is 2. The first kappa shape index (κ1) is 31.0. The van der Waals surface area contributed by atoms with Gasteiger partial charge in [0.05, 0.1) is 18.0 Å². The summed E-state index contributed by atoms with van der Waals surface area (Å²) < 4.78 is 0. The molecule has 0 aromatic heterocycles. The highest BCUT2D eigenvalue weighted by Crippen LogP contribution is 2.29. The van der Waals surface area contributed by atoms with Crippen LogP contribution in [0, 0.1) is 17.8 Å². The fraction of sp³-hybridized carbons (Fsp3) is 0.643. The maximum Gasteiger partial charge on any atom is 0.175 e. The number of thiol groups is 2. The second-order valence-electron chi connectivity index (χ2n) is 10.1. The summed E-state index contributed by atoms with van der Waals surface area (Å²) >= 11 is 9.36. The molecule has 1 aromatic carbocycles. The van der Waals surface area contributed by atoms with Gasteiger partial charge in [-0.2, -0.15) is 25.3 Å². The Morgan fingerprint density at radius 3 is 2.00 bits per heavy atom. The Kier molecular flexibility index (Phi) is 14.4. The maximum atomic E-state index is 13.9. The molecule has 2 N–H and O–H groups in total. The third kappa shape index (κ3) is 10.3. The Morgan fingerprint density at radius 2 is 1.50 bits per heavy atom. The van der Waals surface area contributed by atoms with Crippen molar-refractivity contribution in [2.75, 3.05) is 14.1 Å². The number of hydrogen-bond donors (Lipinski definition) is 4. The topological polar surface area (TPSA) is 58.2 Å². The van der Waals surface area contributed by atoms with Crippen molar-refractivity contribution in [2.45, 2.75) is 82.4 Å². The fourth-order valence-corrected chi connectivity index (χ4v) is 5.10. The minimum Gasteiger partial charge on any atom is -0.311 e. The normalized spacial score (nSPS) is 17.0. The third-order valence-electron chi connectivity index (χ3n) is 6.45. The zero-order valence-electron chi connectivity index (χ0n) is 21.9. The number of carbonyl (C=O) groups is 2. The van der Waals surface area contributed by atoms with E-state index < -0.39 is 5.92 Å². The van der Waals surface area contributed by atoms with Crippen LogP contribution in [0.5, 0.6) is 0 Å². The zero-order valence-corrected chi connectivity index (χ0v) is 23.7. The van der Waals surface area contributed by atoms with Crippen LogP contribution in [0.1, 0.15) is 58.9 Å². The van der Waals surface area contributed by atoms with Crippen LogP contribution in [0.25, 0.3) is 0 Å². The van der Waals surface area contributed by atoms with E-state index in [1.165, 1.54) is 0 Å². The third-order valence-corrected chi connectivity index (χ3v) is 7.19. The molecule has 0 aliphatic rings. The molecule has 1 rings (SSSR count). The Bertz CT molecular complexity index is 767. The quantitative estimate of drug-likeness (QED) is 0.174. The molecule has 0 aliphatic carbocycles. The summed E-state index contributed by atoms with van der Waals surface area (Å²) in [5.41, 5.74) is 1.45. The minimum absolute atomic E-state index is 0.00181. The van der Waals surface area contributed by atoms with Crippen molar-refractivity contribution in [3.8, 4) is 0 Å². The highest BCUT2D eigenvalue weighted by molar-refractivity contribution is 7.81. The maximum absolute atomic E-state index is 13.9. The summed E-state index contributed by atoms with van der Waals surface area (Å²) in [6.07, 6.45) is 4.00. The van der Waals surface area contributed by atoms with Crippen molar-refractivity contribution in [3.05, 3.63) is 48.0 Å². The predicted molar refractivity (Wildman–Crippen MR) is 152 cm³/mol. The number of nitrogens with one attached hydrogen (secondary N) is 2. The van der Waals surface area contributed by atoms with Gasteiger partial charge in [-0.1, -0.05) is 64.6 Å². The van der Waals surface area contributed by atoms with Crippen molar-refractivity contribution < 1.29 is 9.59 Å². The lowest BCUT2D eigenvalue weighted by molar-refractivity contribution is -0.126. The van der Waals surface area contributed by atoms with E-state index in [1.54, 1.807) is 7.05 Å². The Hall–Kier alpha value is -1.08. The van der Waals surface area contributed by atoms with Crippen molar-refractivity contribution in [1.82, 2.24) is 10.6 Å². The van der Waals surface area contributed by atoms with Gasteiger partial charge in [-0.3, -0.25) is 9.59 Å². The number of hydrogen-bond acceptors (Lipinski definition) is 6. The summed E-state index contributed by atoms with van der Waals surface area (Å²) in [5, 5.41) is 6.34. The van der Waals surface area contributed by atoms with Gasteiger partial charge in [0, 0.05) is 10.8 Å². The molecule has 1 aromatic rings. The molecule has 0 saturated carbocycles. The van der Waals surface area contributed by atoms with E-state index in [2.05, 4.69) is 57.5 Å². The Morgan fingerprint density at radius 1 is 0.912 bits per heavy atom. The Balaban J connectivity index is 3.19. The number of likely N-dealkylation sites (N-methyl/N-ethyl adjacent to an activating group) is 2. The van der Waals surface area contributed by atoms with Gasteiger partial charge in [-0.25, -0.2) is 0 Å². The lowest BCUT2D eigenvalue weighted by Crippen LogP contribution is -2.46. The van der Waals surface area contributed by atoms with E-state index in [-0.39, 0.29) is 28.9 Å². The second kappa shape index (κ2) is 15.8. The minimum atomic E-state index is -0.660. The SMILES string of the molecule is C=C(C(=O)[C@H](CC(C)C)NC)C(C(=O)[C@H](CC(C)CCC(C)S)NC)C(S)Cc1ccccc1. The molecule has 4 unspecified atom stereocenters. The molecule has 6 heteroatoms. The molecule has 0 bridgehead atoms. The van der Waals surface area contributed by atoms with Crippen LogP contribution in [0.3, 0.4) is 0 Å². The summed E-state index contributed by atoms with van der Waals surface area (Å²) in [6, 6.07) is 9.27. The average molecular weight is 507 g/mol. The molecule has 4 nitrogen and oxygen atoms in total. The Labute approximate surface area is 219 Å². The summed E-state index contributed by atoms with van der Waals surface area (Å²) in [7, 11) is 3.61. The first-order valence-electron chi connectivity index (χ1n) is 12.5. The standard InChI is InChI=1S/C28H46N2O2S2/c1-18(2)15-23(29-6)27(31)21(5)26(25(34)17-22-11-9-8-10-12-22)28(32)24(30-7)16-19(3)13-14-20(4)33/h8-12,18-20,23-26,29-30,33-34H,5,13-17H2,1-4,6-7H3/t19?,20?,23-,24-,25?,26?/m0/s1. The van der Waals surface area contributed by atoms with Crippen molar-refractivity contribution in [3.63, 3.8) is 0 Å². The summed E-state index contributed by atoms with van der Waals surface area (Å²) in [5.74, 6) is -0.0402. The molecule has 0 amide bonds. The van der Waals surface area contributed by atoms with Gasteiger partial charge in [0.25, 0.3) is 0 Å². The smallest absolute Gasteiger partial charge is 0.175 e. The molecule has 6 atom stereocenters. The van der Waals surface area contributed by atoms with Gasteiger partial charge in [-0.15, -0.1) is 0 Å². The number of carbonyl (C=O) groups excluding carboxylic acids is 2. The zero-order chi connectivity index (χ0) is 25.8. The molecule has 192 valence electrons. The lowest BCUT2D eigenvalue weighted by Gasteiger charge is -2.30. The largest absolute Gasteiger partial charge is 0.311 e. The summed E-state index contributed by atoms with van der Waals surface area (Å²) in [6.45, 7) is 12.6. The molecule has 34 heavy (non-hydrogen) atoms. The molecule has 0 saturated heterocycles. The van der Waals surface area contributed by atoms with Crippen LogP contribution in [-0.4, -0.2) is 48.2 Å². The van der Waals surface area contributed by atoms with Crippen LogP contribution in [0.4, 0.5) is 0 Å². The molecule has 0 aliphatic heterocycles. The van der Waals surface area contributed by atoms with E-state index in [1.807, 2.05) is 37.4 Å². The van der Waals surface area contributed by atoms with Crippen LogP contribution in [0.2, 0.25) is 0 Å². The first-order chi connectivity index (χ1) is 16.0. The molecule has 0 spiro atoms. The van der Waals surface area contributed by atoms with Crippen LogP contribution < -0.4 is 10.6 Å². The van der Waals surface area contributed by atoms with Crippen LogP contribution >= 0.6 is 25.3 Å². The van der Waals surface area contributed by atoms with Gasteiger partial charge < -0.3 is 10.6 Å². The van der Waals surface area contributed by atoms with E-state index in [9.17, 15) is 9.59 Å². The molecule has 0 radical (unpaired) electrons. The van der Waals surface area contributed by atoms with Crippen molar-refractivity contribution >= 4 is 36.8 Å². The lowest BCUT2D eigenvalue weighted by atomic mass is 9.79. The van der Waals surface area contributed by atoms with Gasteiger partial charge in [0.1, 0.15) is 0 Å². The van der Waals surface area contributed by atoms with Gasteiger partial charge in [-0.05, 0) is 68.8 Å². The predicted octanol–water partition coefficient (Wildman–Crippen LogP) is 5.18. The van der Waals surface area contributed by atoms with Crippen LogP contribution in [-0.2, 0) is 16.0 Å².